The van der Waals surface area contributed by atoms with Gasteiger partial charge >= 0.3 is 0 Å². The van der Waals surface area contributed by atoms with Crippen molar-refractivity contribution in [1.82, 2.24) is 34.8 Å². The third-order valence-electron chi connectivity index (χ3n) is 10.5. The maximum absolute atomic E-state index is 6.35. The summed E-state index contributed by atoms with van der Waals surface area (Å²) in [6, 6.07) is 18.8. The highest BCUT2D eigenvalue weighted by molar-refractivity contribution is 5.68. The summed E-state index contributed by atoms with van der Waals surface area (Å²) in [7, 11) is 0. The van der Waals surface area contributed by atoms with E-state index in [2.05, 4.69) is 83.9 Å². The molecule has 0 amide bonds. The number of piperidine rings is 1. The summed E-state index contributed by atoms with van der Waals surface area (Å²) in [5.41, 5.74) is 14.9. The van der Waals surface area contributed by atoms with Crippen molar-refractivity contribution >= 4 is 17.6 Å². The first-order valence-electron chi connectivity index (χ1n) is 16.7. The SMILES string of the molecule is Nc1nc(Nc2ccc3c(c2)CCC(N2CCC(N4CCCC4)CC2)CC3)nn1-c1cc2c(nn1)-c1ccccc1CCC2. The minimum atomic E-state index is 0.293. The lowest BCUT2D eigenvalue weighted by Crippen LogP contribution is -2.47. The molecule has 4 aliphatic rings. The zero-order valence-corrected chi connectivity index (χ0v) is 25.6. The van der Waals surface area contributed by atoms with Gasteiger partial charge in [0.25, 0.3) is 0 Å². The zero-order chi connectivity index (χ0) is 29.5. The highest BCUT2D eigenvalue weighted by Gasteiger charge is 2.30. The lowest BCUT2D eigenvalue weighted by molar-refractivity contribution is 0.0900. The number of hydrogen-bond acceptors (Lipinski definition) is 8. The minimum absolute atomic E-state index is 0.293. The molecule has 0 saturated carbocycles. The molecule has 8 rings (SSSR count). The molecule has 1 atom stereocenters. The molecular weight excluding hydrogens is 546 g/mol. The topological polar surface area (TPSA) is 101 Å². The minimum Gasteiger partial charge on any atom is -0.368 e. The highest BCUT2D eigenvalue weighted by Crippen LogP contribution is 2.32. The summed E-state index contributed by atoms with van der Waals surface area (Å²) in [5, 5.41) is 17.2. The Morgan fingerprint density at radius 2 is 1.43 bits per heavy atom. The Morgan fingerprint density at radius 3 is 2.30 bits per heavy atom. The Balaban J connectivity index is 0.937. The number of anilines is 3. The maximum Gasteiger partial charge on any atom is 0.248 e. The number of aryl methyl sites for hydroxylation is 4. The Morgan fingerprint density at radius 1 is 0.682 bits per heavy atom. The molecule has 1 unspecified atom stereocenters. The molecule has 4 aromatic rings. The van der Waals surface area contributed by atoms with E-state index in [-0.39, 0.29) is 0 Å². The van der Waals surface area contributed by atoms with Gasteiger partial charge in [0.05, 0.1) is 5.69 Å². The van der Waals surface area contributed by atoms with E-state index < -0.39 is 0 Å². The van der Waals surface area contributed by atoms with Gasteiger partial charge < -0.3 is 20.9 Å². The van der Waals surface area contributed by atoms with Crippen molar-refractivity contribution in [1.29, 1.82) is 0 Å². The number of nitrogen functional groups attached to an aromatic ring is 1. The predicted molar refractivity (Wildman–Crippen MR) is 174 cm³/mol. The fraction of sp³-hybridized carbons (Fsp3) is 0.486. The van der Waals surface area contributed by atoms with Gasteiger partial charge in [0.1, 0.15) is 0 Å². The number of nitrogens with one attached hydrogen (secondary N) is 1. The van der Waals surface area contributed by atoms with Gasteiger partial charge in [-0.25, -0.2) is 0 Å². The molecule has 44 heavy (non-hydrogen) atoms. The van der Waals surface area contributed by atoms with E-state index in [0.717, 1.165) is 49.5 Å². The molecule has 2 aliphatic heterocycles. The summed E-state index contributed by atoms with van der Waals surface area (Å²) < 4.78 is 1.59. The Bertz CT molecular complexity index is 1630. The van der Waals surface area contributed by atoms with E-state index in [1.165, 1.54) is 92.5 Å². The first-order chi connectivity index (χ1) is 21.7. The maximum atomic E-state index is 6.35. The van der Waals surface area contributed by atoms with Gasteiger partial charge in [0.15, 0.2) is 5.82 Å². The quantitative estimate of drug-likeness (QED) is 0.301. The predicted octanol–water partition coefficient (Wildman–Crippen LogP) is 5.35. The van der Waals surface area contributed by atoms with Crippen molar-refractivity contribution in [3.63, 3.8) is 0 Å². The van der Waals surface area contributed by atoms with E-state index in [0.29, 0.717) is 23.8 Å². The highest BCUT2D eigenvalue weighted by atomic mass is 15.4. The molecule has 2 fully saturated rings. The van der Waals surface area contributed by atoms with Gasteiger partial charge in [0, 0.05) is 23.3 Å². The molecule has 2 aromatic heterocycles. The second kappa shape index (κ2) is 11.9. The summed E-state index contributed by atoms with van der Waals surface area (Å²) in [6.07, 6.45) is 13.3. The van der Waals surface area contributed by atoms with E-state index in [1.54, 1.807) is 4.68 Å². The molecule has 0 bridgehead atoms. The van der Waals surface area contributed by atoms with Crippen LogP contribution >= 0.6 is 0 Å². The van der Waals surface area contributed by atoms with Gasteiger partial charge in [-0.1, -0.05) is 30.3 Å². The molecule has 4 heterocycles. The van der Waals surface area contributed by atoms with E-state index in [9.17, 15) is 0 Å². The van der Waals surface area contributed by atoms with Crippen LogP contribution in [-0.4, -0.2) is 73.0 Å². The smallest absolute Gasteiger partial charge is 0.248 e. The fourth-order valence-electron chi connectivity index (χ4n) is 8.11. The standard InChI is InChI=1S/C35H43N9/c36-34-38-35(41-44(34)32-23-27-8-5-7-25-6-1-2-9-31(25)33(27)40-39-32)37-28-13-10-24-11-14-29(15-12-26(24)22-28)43-20-16-30(17-21-43)42-18-3-4-19-42/h1-2,6,9-10,13,22-23,29-30H,3-5,7-8,11-12,14-21H2,(H3,36,37,38,41). The van der Waals surface area contributed by atoms with Gasteiger partial charge in [-0.05, 0) is 137 Å². The normalized spacial score (nSPS) is 21.2. The van der Waals surface area contributed by atoms with Gasteiger partial charge in [-0.2, -0.15) is 9.67 Å². The zero-order valence-electron chi connectivity index (χ0n) is 25.6. The van der Waals surface area contributed by atoms with Gasteiger partial charge in [-0.3, -0.25) is 0 Å². The van der Waals surface area contributed by atoms with Crippen LogP contribution in [0.5, 0.6) is 0 Å². The van der Waals surface area contributed by atoms with E-state index >= 15 is 0 Å². The molecule has 2 aromatic carbocycles. The Kier molecular flexibility index (Phi) is 7.52. The number of nitrogens with two attached hydrogens (primary N) is 1. The van der Waals surface area contributed by atoms with Crippen LogP contribution in [0.25, 0.3) is 17.1 Å². The van der Waals surface area contributed by atoms with E-state index in [1.807, 2.05) is 0 Å². The first kappa shape index (κ1) is 27.7. The molecule has 2 aliphatic carbocycles. The monoisotopic (exact) mass is 589 g/mol. The van der Waals surface area contributed by atoms with Gasteiger partial charge in [-0.15, -0.1) is 15.3 Å². The number of rotatable bonds is 5. The van der Waals surface area contributed by atoms with Crippen LogP contribution in [0.2, 0.25) is 0 Å². The average Bonchev–Trinajstić information content (AvgIpc) is 3.61. The van der Waals surface area contributed by atoms with Crippen LogP contribution in [-0.2, 0) is 25.7 Å². The lowest BCUT2D eigenvalue weighted by atomic mass is 9.98. The van der Waals surface area contributed by atoms with Crippen molar-refractivity contribution in [3.05, 3.63) is 70.8 Å². The van der Waals surface area contributed by atoms with Crippen molar-refractivity contribution in [2.45, 2.75) is 82.7 Å². The van der Waals surface area contributed by atoms with Crippen molar-refractivity contribution < 1.29 is 0 Å². The number of nitrogens with zero attached hydrogens (tertiary/aromatic N) is 7. The molecular formula is C35H43N9. The third-order valence-corrected chi connectivity index (χ3v) is 10.5. The summed E-state index contributed by atoms with van der Waals surface area (Å²) >= 11 is 0. The van der Waals surface area contributed by atoms with Crippen molar-refractivity contribution in [3.8, 4) is 17.1 Å². The molecule has 0 spiro atoms. The second-order valence-corrected chi connectivity index (χ2v) is 13.1. The molecule has 0 radical (unpaired) electrons. The van der Waals surface area contributed by atoms with Crippen LogP contribution in [0.4, 0.5) is 17.6 Å². The number of hydrogen-bond donors (Lipinski definition) is 2. The molecule has 3 N–H and O–H groups in total. The van der Waals surface area contributed by atoms with Crippen molar-refractivity contribution in [2.24, 2.45) is 0 Å². The lowest BCUT2D eigenvalue weighted by Gasteiger charge is -2.40. The Labute approximate surface area is 259 Å². The summed E-state index contributed by atoms with van der Waals surface area (Å²) in [5.74, 6) is 1.36. The molecule has 2 saturated heterocycles. The van der Waals surface area contributed by atoms with Crippen molar-refractivity contribution in [2.75, 3.05) is 37.2 Å². The van der Waals surface area contributed by atoms with Crippen LogP contribution in [0, 0.1) is 0 Å². The summed E-state index contributed by atoms with van der Waals surface area (Å²) in [6.45, 7) is 5.15. The first-order valence-corrected chi connectivity index (χ1v) is 16.7. The Hall–Kier alpha value is -3.82. The number of aromatic nitrogens is 5. The van der Waals surface area contributed by atoms with Gasteiger partial charge in [0.2, 0.25) is 11.9 Å². The number of likely N-dealkylation sites (tertiary alicyclic amines) is 2. The second-order valence-electron chi connectivity index (χ2n) is 13.1. The van der Waals surface area contributed by atoms with Crippen LogP contribution in [0.3, 0.4) is 0 Å². The molecule has 9 heteroatoms. The van der Waals surface area contributed by atoms with Crippen LogP contribution in [0.1, 0.15) is 67.2 Å². The van der Waals surface area contributed by atoms with E-state index in [4.69, 9.17) is 5.73 Å². The van der Waals surface area contributed by atoms with Crippen LogP contribution < -0.4 is 11.1 Å². The number of fused-ring (bicyclic) bond motifs is 4. The molecule has 9 nitrogen and oxygen atoms in total. The number of benzene rings is 2. The summed E-state index contributed by atoms with van der Waals surface area (Å²) in [4.78, 5) is 10.1. The largest absolute Gasteiger partial charge is 0.368 e. The molecule has 228 valence electrons. The third kappa shape index (κ3) is 5.48. The fourth-order valence-corrected chi connectivity index (χ4v) is 8.11. The van der Waals surface area contributed by atoms with Crippen LogP contribution in [0.15, 0.2) is 48.5 Å². The average molecular weight is 590 g/mol.